The number of hydrogen-bond donors (Lipinski definition) is 4. The molecule has 9 nitrogen and oxygen atoms in total. The summed E-state index contributed by atoms with van der Waals surface area (Å²) in [6.45, 7) is 6.70. The number of cyclic esters (lactones) is 2. The molecule has 1 aliphatic heterocycles. The molecular formula is C12H20O9. The quantitative estimate of drug-likeness (QED) is 0.418. The van der Waals surface area contributed by atoms with E-state index in [1.165, 1.54) is 0 Å². The van der Waals surface area contributed by atoms with Gasteiger partial charge in [0, 0.05) is 18.6 Å². The monoisotopic (exact) mass is 308 g/mol. The predicted octanol–water partition coefficient (Wildman–Crippen LogP) is 0.0283. The molecule has 0 aromatic carbocycles. The molecule has 0 bridgehead atoms. The Morgan fingerprint density at radius 2 is 1.29 bits per heavy atom. The van der Waals surface area contributed by atoms with Crippen molar-refractivity contribution >= 4 is 18.1 Å². The van der Waals surface area contributed by atoms with Gasteiger partial charge in [0.15, 0.2) is 0 Å². The molecule has 21 heavy (non-hydrogen) atoms. The molecule has 1 heterocycles. The lowest BCUT2D eigenvalue weighted by Crippen LogP contribution is -2.16. The molecule has 1 fully saturated rings. The SMILES string of the molecule is C=CC(=O)O.C=CC(=O)O.O=C1OCCCO1.OCCO. The van der Waals surface area contributed by atoms with Crippen molar-refractivity contribution in [2.45, 2.75) is 6.42 Å². The smallest absolute Gasteiger partial charge is 0.478 e. The first-order valence-corrected chi connectivity index (χ1v) is 5.57. The molecule has 0 atom stereocenters. The van der Waals surface area contributed by atoms with Crippen molar-refractivity contribution in [3.05, 3.63) is 25.3 Å². The van der Waals surface area contributed by atoms with Crippen LogP contribution in [0.3, 0.4) is 0 Å². The number of carboxylic acids is 2. The number of ether oxygens (including phenoxy) is 2. The van der Waals surface area contributed by atoms with Crippen LogP contribution in [0.15, 0.2) is 25.3 Å². The van der Waals surface area contributed by atoms with Gasteiger partial charge < -0.3 is 29.9 Å². The lowest BCUT2D eigenvalue weighted by molar-refractivity contribution is -0.132. The van der Waals surface area contributed by atoms with E-state index in [0.29, 0.717) is 13.2 Å². The average molecular weight is 308 g/mol. The molecule has 0 radical (unpaired) electrons. The van der Waals surface area contributed by atoms with Crippen molar-refractivity contribution in [2.75, 3.05) is 26.4 Å². The number of aliphatic hydroxyl groups excluding tert-OH is 2. The van der Waals surface area contributed by atoms with Gasteiger partial charge >= 0.3 is 18.1 Å². The Labute approximate surface area is 121 Å². The zero-order valence-corrected chi connectivity index (χ0v) is 11.4. The maximum Gasteiger partial charge on any atom is 0.508 e. The predicted molar refractivity (Wildman–Crippen MR) is 71.8 cm³/mol. The summed E-state index contributed by atoms with van der Waals surface area (Å²) in [5.74, 6) is -1.96. The van der Waals surface area contributed by atoms with Gasteiger partial charge in [-0.15, -0.1) is 0 Å². The summed E-state index contributed by atoms with van der Waals surface area (Å²) in [4.78, 5) is 28.5. The highest BCUT2D eigenvalue weighted by Crippen LogP contribution is 1.95. The summed E-state index contributed by atoms with van der Waals surface area (Å²) in [7, 11) is 0. The highest BCUT2D eigenvalue weighted by Gasteiger charge is 2.07. The van der Waals surface area contributed by atoms with E-state index >= 15 is 0 Å². The van der Waals surface area contributed by atoms with E-state index in [0.717, 1.165) is 18.6 Å². The summed E-state index contributed by atoms with van der Waals surface area (Å²) in [5.41, 5.74) is 0. The van der Waals surface area contributed by atoms with Crippen LogP contribution < -0.4 is 0 Å². The van der Waals surface area contributed by atoms with Crippen molar-refractivity contribution < 1.29 is 44.3 Å². The first-order valence-electron chi connectivity index (χ1n) is 5.57. The normalized spacial score (nSPS) is 11.2. The van der Waals surface area contributed by atoms with Crippen LogP contribution in [0, 0.1) is 0 Å². The topological polar surface area (TPSA) is 151 Å². The number of carboxylic acid groups (broad SMARTS) is 2. The van der Waals surface area contributed by atoms with Crippen molar-refractivity contribution in [2.24, 2.45) is 0 Å². The fourth-order valence-electron chi connectivity index (χ4n) is 0.412. The Balaban J connectivity index is -0.000000212. The summed E-state index contributed by atoms with van der Waals surface area (Å²) in [6, 6.07) is 0. The van der Waals surface area contributed by atoms with E-state index in [-0.39, 0.29) is 13.2 Å². The Kier molecular flexibility index (Phi) is 22.5. The van der Waals surface area contributed by atoms with E-state index in [4.69, 9.17) is 20.4 Å². The first-order chi connectivity index (χ1) is 9.85. The van der Waals surface area contributed by atoms with Gasteiger partial charge in [-0.25, -0.2) is 14.4 Å². The summed E-state index contributed by atoms with van der Waals surface area (Å²) < 4.78 is 8.83. The second kappa shape index (κ2) is 19.9. The standard InChI is InChI=1S/C4H6O3.2C3H4O2.C2H6O2/c5-4-6-2-1-3-7-4;2*1-2-3(4)5;3-1-2-4/h1-3H2;2*2H,1H2,(H,4,5);3-4H,1-2H2. The van der Waals surface area contributed by atoms with Gasteiger partial charge in [0.2, 0.25) is 0 Å². The van der Waals surface area contributed by atoms with E-state index in [2.05, 4.69) is 22.6 Å². The van der Waals surface area contributed by atoms with Crippen LogP contribution in [0.5, 0.6) is 0 Å². The maximum atomic E-state index is 10.0. The molecule has 122 valence electrons. The second-order valence-electron chi connectivity index (χ2n) is 2.83. The fourth-order valence-corrected chi connectivity index (χ4v) is 0.412. The zero-order valence-electron chi connectivity index (χ0n) is 11.4. The second-order valence-corrected chi connectivity index (χ2v) is 2.83. The molecule has 0 amide bonds. The fraction of sp³-hybridized carbons (Fsp3) is 0.417. The number of hydrogen-bond acceptors (Lipinski definition) is 7. The summed E-state index contributed by atoms with van der Waals surface area (Å²) >= 11 is 0. The average Bonchev–Trinajstić information content (AvgIpc) is 2.49. The van der Waals surface area contributed by atoms with Crippen LogP contribution in [0.25, 0.3) is 0 Å². The van der Waals surface area contributed by atoms with Gasteiger partial charge in [-0.1, -0.05) is 13.2 Å². The summed E-state index contributed by atoms with van der Waals surface area (Å²) in [5, 5.41) is 30.5. The van der Waals surface area contributed by atoms with Crippen LogP contribution in [0.2, 0.25) is 0 Å². The Bertz CT molecular complexity index is 284. The maximum absolute atomic E-state index is 10.0. The van der Waals surface area contributed by atoms with E-state index in [1.54, 1.807) is 0 Å². The highest BCUT2D eigenvalue weighted by molar-refractivity contribution is 5.79. The van der Waals surface area contributed by atoms with Gasteiger partial charge in [-0.2, -0.15) is 0 Å². The zero-order chi connectivity index (χ0) is 17.1. The van der Waals surface area contributed by atoms with Gasteiger partial charge in [-0.05, 0) is 0 Å². The van der Waals surface area contributed by atoms with Crippen molar-refractivity contribution in [1.82, 2.24) is 0 Å². The summed E-state index contributed by atoms with van der Waals surface area (Å²) in [6.07, 6.45) is 1.96. The molecule has 0 aromatic rings. The highest BCUT2D eigenvalue weighted by atomic mass is 16.7. The molecule has 0 spiro atoms. The van der Waals surface area contributed by atoms with Crippen molar-refractivity contribution in [1.29, 1.82) is 0 Å². The number of carbonyl (C=O) groups excluding carboxylic acids is 1. The third-order valence-corrected chi connectivity index (χ3v) is 1.18. The minimum absolute atomic E-state index is 0.125. The lowest BCUT2D eigenvalue weighted by atomic mass is 10.5. The first kappa shape index (κ1) is 23.7. The van der Waals surface area contributed by atoms with Crippen LogP contribution in [-0.4, -0.2) is 64.9 Å². The molecule has 0 unspecified atom stereocenters. The van der Waals surface area contributed by atoms with Gasteiger partial charge in [0.25, 0.3) is 0 Å². The van der Waals surface area contributed by atoms with Crippen molar-refractivity contribution in [3.8, 4) is 0 Å². The van der Waals surface area contributed by atoms with E-state index in [1.807, 2.05) is 0 Å². The molecule has 1 saturated heterocycles. The molecule has 9 heteroatoms. The molecular weight excluding hydrogens is 288 g/mol. The minimum Gasteiger partial charge on any atom is -0.478 e. The van der Waals surface area contributed by atoms with Gasteiger partial charge in [0.1, 0.15) is 0 Å². The Hall–Kier alpha value is -2.39. The Morgan fingerprint density at radius 1 is 1.00 bits per heavy atom. The molecule has 1 aliphatic rings. The molecule has 0 aliphatic carbocycles. The number of carbonyl (C=O) groups is 3. The molecule has 1 rings (SSSR count). The van der Waals surface area contributed by atoms with Gasteiger partial charge in [0.05, 0.1) is 26.4 Å². The lowest BCUT2D eigenvalue weighted by Gasteiger charge is -2.09. The van der Waals surface area contributed by atoms with Crippen LogP contribution in [-0.2, 0) is 19.1 Å². The van der Waals surface area contributed by atoms with Crippen molar-refractivity contribution in [3.63, 3.8) is 0 Å². The Morgan fingerprint density at radius 3 is 1.38 bits per heavy atom. The third-order valence-electron chi connectivity index (χ3n) is 1.18. The molecule has 0 aromatic heterocycles. The van der Waals surface area contributed by atoms with Crippen LogP contribution in [0.1, 0.15) is 6.42 Å². The van der Waals surface area contributed by atoms with E-state index < -0.39 is 18.1 Å². The molecule has 0 saturated carbocycles. The largest absolute Gasteiger partial charge is 0.508 e. The van der Waals surface area contributed by atoms with E-state index in [9.17, 15) is 14.4 Å². The minimum atomic E-state index is -0.981. The number of rotatable bonds is 3. The van der Waals surface area contributed by atoms with Crippen LogP contribution >= 0.6 is 0 Å². The van der Waals surface area contributed by atoms with Gasteiger partial charge in [-0.3, -0.25) is 0 Å². The van der Waals surface area contributed by atoms with Crippen LogP contribution in [0.4, 0.5) is 4.79 Å². The molecule has 4 N–H and O–H groups in total. The number of aliphatic carboxylic acids is 2. The third kappa shape index (κ3) is 38.1. The number of aliphatic hydroxyl groups is 2.